The Balaban J connectivity index is 1.86. The van der Waals surface area contributed by atoms with Gasteiger partial charge in [0.2, 0.25) is 0 Å². The maximum absolute atomic E-state index is 12.0. The number of aliphatic imine (C=N–C) groups is 1. The maximum Gasteiger partial charge on any atom is 0.365 e. The lowest BCUT2D eigenvalue weighted by atomic mass is 10.0. The van der Waals surface area contributed by atoms with E-state index in [4.69, 9.17) is 4.52 Å². The highest BCUT2D eigenvalue weighted by Crippen LogP contribution is 2.33. The first kappa shape index (κ1) is 12.6. The Morgan fingerprint density at radius 3 is 2.64 bits per heavy atom. The second-order valence-electron chi connectivity index (χ2n) is 5.02. The van der Waals surface area contributed by atoms with Crippen LogP contribution in [0, 0.1) is 0 Å². The van der Waals surface area contributed by atoms with E-state index in [1.165, 1.54) is 0 Å². The number of benzene rings is 2. The molecule has 0 aliphatic carbocycles. The molecular formula is C18H12N2O2. The van der Waals surface area contributed by atoms with Crippen LogP contribution >= 0.6 is 0 Å². The maximum atomic E-state index is 12.0. The van der Waals surface area contributed by atoms with Gasteiger partial charge in [0.1, 0.15) is 0 Å². The number of hydrogen-bond donors (Lipinski definition) is 1. The fourth-order valence-corrected chi connectivity index (χ4v) is 2.57. The van der Waals surface area contributed by atoms with Gasteiger partial charge in [-0.25, -0.2) is 9.95 Å². The lowest BCUT2D eigenvalue weighted by Crippen LogP contribution is -1.97. The number of para-hydroxylation sites is 1. The molecule has 0 saturated carbocycles. The van der Waals surface area contributed by atoms with Crippen molar-refractivity contribution in [1.82, 2.24) is 5.16 Å². The van der Waals surface area contributed by atoms with Crippen molar-refractivity contribution in [3.63, 3.8) is 0 Å². The molecule has 0 fully saturated rings. The first-order valence-corrected chi connectivity index (χ1v) is 6.95. The molecule has 4 rings (SSSR count). The zero-order chi connectivity index (χ0) is 14.9. The third-order valence-electron chi connectivity index (χ3n) is 3.66. The Morgan fingerprint density at radius 2 is 1.77 bits per heavy atom. The number of hydrogen-bond acceptors (Lipinski definition) is 3. The number of nitrogens with zero attached hydrogens (tertiary/aromatic N) is 1. The second-order valence-corrected chi connectivity index (χ2v) is 5.02. The number of fused-ring (bicyclic) bond motifs is 1. The van der Waals surface area contributed by atoms with Crippen LogP contribution in [0.15, 0.2) is 68.9 Å². The summed E-state index contributed by atoms with van der Waals surface area (Å²) in [4.78, 5) is 16.4. The number of rotatable bonds is 2. The van der Waals surface area contributed by atoms with Crippen LogP contribution in [0.2, 0.25) is 0 Å². The summed E-state index contributed by atoms with van der Waals surface area (Å²) in [5, 5.41) is 2.71. The van der Waals surface area contributed by atoms with E-state index in [9.17, 15) is 4.79 Å². The van der Waals surface area contributed by atoms with E-state index in [1.807, 2.05) is 60.7 Å². The second kappa shape index (κ2) is 5.00. The lowest BCUT2D eigenvalue weighted by Gasteiger charge is -2.00. The van der Waals surface area contributed by atoms with E-state index < -0.39 is 0 Å². The van der Waals surface area contributed by atoms with Gasteiger partial charge in [0, 0.05) is 22.9 Å². The third-order valence-corrected chi connectivity index (χ3v) is 3.66. The van der Waals surface area contributed by atoms with Crippen molar-refractivity contribution in [2.24, 2.45) is 4.99 Å². The highest BCUT2D eigenvalue weighted by atomic mass is 16.5. The fraction of sp³-hybridized carbons (Fsp3) is 0. The van der Waals surface area contributed by atoms with E-state index in [1.54, 1.807) is 6.21 Å². The van der Waals surface area contributed by atoms with Gasteiger partial charge in [-0.15, -0.1) is 0 Å². The average molecular weight is 288 g/mol. The lowest BCUT2D eigenvalue weighted by molar-refractivity contribution is 0.393. The summed E-state index contributed by atoms with van der Waals surface area (Å²) in [5.41, 5.74) is 4.53. The summed E-state index contributed by atoms with van der Waals surface area (Å²) in [6, 6.07) is 17.5. The molecule has 0 unspecified atom stereocenters. The van der Waals surface area contributed by atoms with Gasteiger partial charge in [0.15, 0.2) is 0 Å². The largest absolute Gasteiger partial charge is 0.365 e. The molecule has 1 aliphatic heterocycles. The average Bonchev–Trinajstić information content (AvgIpc) is 3.14. The molecule has 2 aromatic carbocycles. The summed E-state index contributed by atoms with van der Waals surface area (Å²) in [6.45, 7) is 0. The molecule has 0 spiro atoms. The van der Waals surface area contributed by atoms with Crippen LogP contribution in [0.3, 0.4) is 0 Å². The molecule has 0 radical (unpaired) electrons. The topological polar surface area (TPSA) is 58.4 Å². The fourth-order valence-electron chi connectivity index (χ4n) is 2.57. The third kappa shape index (κ3) is 2.02. The molecule has 2 heterocycles. The smallest absolute Gasteiger partial charge is 0.338 e. The van der Waals surface area contributed by atoms with Crippen LogP contribution in [0.5, 0.6) is 0 Å². The predicted molar refractivity (Wildman–Crippen MR) is 87.2 cm³/mol. The highest BCUT2D eigenvalue weighted by molar-refractivity contribution is 6.21. The van der Waals surface area contributed by atoms with Crippen LogP contribution in [0.25, 0.3) is 22.9 Å². The number of nitrogens with one attached hydrogen (secondary N) is 1. The van der Waals surface area contributed by atoms with Crippen molar-refractivity contribution < 1.29 is 4.52 Å². The molecule has 0 bridgehead atoms. The Hall–Kier alpha value is -3.14. The van der Waals surface area contributed by atoms with Crippen LogP contribution in [-0.4, -0.2) is 11.4 Å². The Kier molecular flexibility index (Phi) is 2.86. The standard InChI is InChI=1S/C18H12N2O2/c21-18-15(17(20-22-18)12-6-2-1-3-7-12)10-13-11-19-16-9-5-4-8-14(13)16/h1-11,20H. The molecule has 4 nitrogen and oxygen atoms in total. The molecule has 1 aromatic heterocycles. The minimum Gasteiger partial charge on any atom is -0.338 e. The van der Waals surface area contributed by atoms with E-state index in [0.717, 1.165) is 22.4 Å². The van der Waals surface area contributed by atoms with Crippen molar-refractivity contribution >= 4 is 23.6 Å². The summed E-state index contributed by atoms with van der Waals surface area (Å²) in [7, 11) is 0. The van der Waals surface area contributed by atoms with Crippen molar-refractivity contribution in [3.05, 3.63) is 76.1 Å². The number of allylic oxidation sites excluding steroid dienone is 1. The summed E-state index contributed by atoms with van der Waals surface area (Å²) < 4.78 is 4.98. The Labute approximate surface area is 126 Å². The van der Waals surface area contributed by atoms with E-state index in [2.05, 4.69) is 10.1 Å². The van der Waals surface area contributed by atoms with Crippen molar-refractivity contribution in [1.29, 1.82) is 0 Å². The van der Waals surface area contributed by atoms with Gasteiger partial charge < -0.3 is 4.52 Å². The van der Waals surface area contributed by atoms with Crippen LogP contribution in [0.1, 0.15) is 11.1 Å². The van der Waals surface area contributed by atoms with Crippen LogP contribution < -0.4 is 5.63 Å². The van der Waals surface area contributed by atoms with Crippen molar-refractivity contribution in [2.45, 2.75) is 0 Å². The van der Waals surface area contributed by atoms with Gasteiger partial charge in [-0.05, 0) is 12.1 Å². The number of aromatic nitrogens is 1. The SMILES string of the molecule is O=c1o[nH]c(-c2ccccc2)c1C=C1C=Nc2ccccc21. The highest BCUT2D eigenvalue weighted by Gasteiger charge is 2.16. The molecule has 1 N–H and O–H groups in total. The van der Waals surface area contributed by atoms with Crippen molar-refractivity contribution in [3.8, 4) is 11.3 Å². The van der Waals surface area contributed by atoms with Crippen LogP contribution in [-0.2, 0) is 0 Å². The molecule has 3 aromatic rings. The zero-order valence-electron chi connectivity index (χ0n) is 11.6. The summed E-state index contributed by atoms with van der Waals surface area (Å²) in [5.74, 6) is 0. The van der Waals surface area contributed by atoms with E-state index in [-0.39, 0.29) is 5.63 Å². The quantitative estimate of drug-likeness (QED) is 0.777. The Morgan fingerprint density at radius 1 is 1.00 bits per heavy atom. The van der Waals surface area contributed by atoms with Gasteiger partial charge in [-0.3, -0.25) is 4.99 Å². The molecule has 0 saturated heterocycles. The first-order valence-electron chi connectivity index (χ1n) is 6.95. The summed E-state index contributed by atoms with van der Waals surface area (Å²) >= 11 is 0. The molecule has 4 heteroatoms. The molecule has 0 amide bonds. The van der Waals surface area contributed by atoms with Crippen LogP contribution in [0.4, 0.5) is 5.69 Å². The van der Waals surface area contributed by atoms with Gasteiger partial charge >= 0.3 is 5.63 Å². The molecular weight excluding hydrogens is 276 g/mol. The monoisotopic (exact) mass is 288 g/mol. The van der Waals surface area contributed by atoms with Gasteiger partial charge in [0.05, 0.1) is 16.9 Å². The molecule has 1 aliphatic rings. The normalized spacial score (nSPS) is 14.5. The zero-order valence-corrected chi connectivity index (χ0v) is 11.6. The number of H-pyrrole nitrogens is 1. The predicted octanol–water partition coefficient (Wildman–Crippen LogP) is 3.89. The summed E-state index contributed by atoms with van der Waals surface area (Å²) in [6.07, 6.45) is 3.59. The minimum absolute atomic E-state index is 0.385. The molecule has 22 heavy (non-hydrogen) atoms. The van der Waals surface area contributed by atoms with Gasteiger partial charge in [0.25, 0.3) is 0 Å². The van der Waals surface area contributed by atoms with Crippen molar-refractivity contribution in [2.75, 3.05) is 0 Å². The van der Waals surface area contributed by atoms with E-state index >= 15 is 0 Å². The Bertz CT molecular complexity index is 946. The molecule has 0 atom stereocenters. The minimum atomic E-state index is -0.385. The molecule has 106 valence electrons. The van der Waals surface area contributed by atoms with E-state index in [0.29, 0.717) is 11.3 Å². The van der Waals surface area contributed by atoms with Gasteiger partial charge in [-0.2, -0.15) is 0 Å². The number of aromatic amines is 1. The van der Waals surface area contributed by atoms with Gasteiger partial charge in [-0.1, -0.05) is 48.5 Å². The first-order chi connectivity index (χ1) is 10.8.